The maximum atomic E-state index is 13.6. The first-order valence-corrected chi connectivity index (χ1v) is 16.2. The Hall–Kier alpha value is -4.49. The molecule has 6 rings (SSSR count). The summed E-state index contributed by atoms with van der Waals surface area (Å²) in [6.45, 7) is 14.2. The van der Waals surface area contributed by atoms with E-state index in [4.69, 9.17) is 23.9 Å². The van der Waals surface area contributed by atoms with Gasteiger partial charge in [0.15, 0.2) is 5.60 Å². The number of piperazine rings is 1. The molecule has 256 valence electrons. The van der Waals surface area contributed by atoms with E-state index >= 15 is 0 Å². The van der Waals surface area contributed by atoms with Crippen LogP contribution in [0.2, 0.25) is 0 Å². The summed E-state index contributed by atoms with van der Waals surface area (Å²) >= 11 is 0. The molecule has 48 heavy (non-hydrogen) atoms. The maximum absolute atomic E-state index is 13.6. The predicted molar refractivity (Wildman–Crippen MR) is 174 cm³/mol. The van der Waals surface area contributed by atoms with Gasteiger partial charge in [0.1, 0.15) is 18.0 Å². The number of benzene rings is 1. The summed E-state index contributed by atoms with van der Waals surface area (Å²) in [5, 5.41) is 11.9. The number of esters is 1. The van der Waals surface area contributed by atoms with Crippen LogP contribution >= 0.6 is 0 Å². The smallest absolute Gasteiger partial charge is 0.415 e. The summed E-state index contributed by atoms with van der Waals surface area (Å²) in [6, 6.07) is 7.03. The van der Waals surface area contributed by atoms with Gasteiger partial charge in [-0.3, -0.25) is 4.79 Å². The molecule has 0 aliphatic carbocycles. The quantitative estimate of drug-likeness (QED) is 0.311. The minimum absolute atomic E-state index is 0.0534. The van der Waals surface area contributed by atoms with Gasteiger partial charge in [0.05, 0.1) is 41.2 Å². The molecule has 3 aromatic rings. The van der Waals surface area contributed by atoms with Crippen molar-refractivity contribution in [2.24, 2.45) is 0 Å². The number of nitrogens with zero attached hydrogens (tertiary/aromatic N) is 4. The molecule has 13 heteroatoms. The highest BCUT2D eigenvalue weighted by Gasteiger charge is 2.45. The van der Waals surface area contributed by atoms with Crippen LogP contribution in [0.25, 0.3) is 22.3 Å². The van der Waals surface area contributed by atoms with E-state index < -0.39 is 35.0 Å². The van der Waals surface area contributed by atoms with Crippen molar-refractivity contribution < 1.29 is 38.4 Å². The van der Waals surface area contributed by atoms with Crippen LogP contribution in [0.5, 0.6) is 5.75 Å². The second-order valence-electron chi connectivity index (χ2n) is 14.4. The molecule has 1 atom stereocenters. The Kier molecular flexibility index (Phi) is 8.27. The van der Waals surface area contributed by atoms with E-state index in [1.807, 2.05) is 47.6 Å². The highest BCUT2D eigenvalue weighted by Crippen LogP contribution is 2.40. The van der Waals surface area contributed by atoms with Crippen molar-refractivity contribution in [3.05, 3.63) is 56.9 Å². The summed E-state index contributed by atoms with van der Waals surface area (Å²) in [6.07, 6.45) is -0.911. The van der Waals surface area contributed by atoms with Gasteiger partial charge in [-0.05, 0) is 72.2 Å². The summed E-state index contributed by atoms with van der Waals surface area (Å²) < 4.78 is 24.4. The van der Waals surface area contributed by atoms with Crippen LogP contribution in [0.15, 0.2) is 29.1 Å². The first-order chi connectivity index (χ1) is 22.5. The molecular weight excluding hydrogens is 620 g/mol. The van der Waals surface area contributed by atoms with Crippen LogP contribution in [-0.4, -0.2) is 80.0 Å². The van der Waals surface area contributed by atoms with Crippen LogP contribution in [0, 0.1) is 0 Å². The Bertz CT molecular complexity index is 1880. The van der Waals surface area contributed by atoms with E-state index in [-0.39, 0.29) is 56.0 Å². The molecule has 2 amide bonds. The molecule has 13 nitrogen and oxygen atoms in total. The normalized spacial score (nSPS) is 19.0. The number of fused-ring (bicyclic) bond motifs is 5. The Morgan fingerprint density at radius 3 is 2.27 bits per heavy atom. The molecule has 1 unspecified atom stereocenters. The molecular formula is C35H42N4O9. The van der Waals surface area contributed by atoms with Gasteiger partial charge in [-0.2, -0.15) is 0 Å². The summed E-state index contributed by atoms with van der Waals surface area (Å²) in [4.78, 5) is 60.1. The highest BCUT2D eigenvalue weighted by atomic mass is 16.6. The van der Waals surface area contributed by atoms with Crippen molar-refractivity contribution in [3.63, 3.8) is 0 Å². The standard InChI is InChI=1S/C35H42N4O9/c1-8-35(44)24-16-26-28-20(17-39(26)29(40)23(24)18-45-30(35)41)15-21-22(19-46-33(2,3)4)27(10-9-25(21)36-28)47-31(42)37-11-13-38(14-12-37)32(43)48-34(5,6)7/h9-10,15-16,44H,8,11-14,17-19H2,1-7H3. The first-order valence-electron chi connectivity index (χ1n) is 16.2. The van der Waals surface area contributed by atoms with E-state index in [0.29, 0.717) is 46.7 Å². The molecule has 2 aromatic heterocycles. The van der Waals surface area contributed by atoms with Gasteiger partial charge < -0.3 is 38.4 Å². The minimum atomic E-state index is -1.92. The number of rotatable bonds is 4. The third kappa shape index (κ3) is 6.12. The van der Waals surface area contributed by atoms with E-state index in [2.05, 4.69) is 0 Å². The molecule has 5 heterocycles. The van der Waals surface area contributed by atoms with Crippen molar-refractivity contribution in [2.75, 3.05) is 26.2 Å². The summed E-state index contributed by atoms with van der Waals surface area (Å²) in [7, 11) is 0. The van der Waals surface area contributed by atoms with Gasteiger partial charge in [-0.15, -0.1) is 0 Å². The maximum Gasteiger partial charge on any atom is 0.415 e. The second-order valence-corrected chi connectivity index (χ2v) is 14.4. The molecule has 3 aliphatic rings. The summed E-state index contributed by atoms with van der Waals surface area (Å²) in [5.41, 5.74) is 0.176. The number of aliphatic hydroxyl groups is 1. The van der Waals surface area contributed by atoms with E-state index in [1.54, 1.807) is 39.5 Å². The number of hydrogen-bond acceptors (Lipinski definition) is 10. The third-order valence-corrected chi connectivity index (χ3v) is 8.80. The largest absolute Gasteiger partial charge is 0.458 e. The third-order valence-electron chi connectivity index (χ3n) is 8.80. The van der Waals surface area contributed by atoms with Crippen LogP contribution in [0.3, 0.4) is 0 Å². The zero-order chi connectivity index (χ0) is 34.8. The lowest BCUT2D eigenvalue weighted by Crippen LogP contribution is -2.52. The Labute approximate surface area is 278 Å². The molecule has 0 bridgehead atoms. The zero-order valence-electron chi connectivity index (χ0n) is 28.5. The summed E-state index contributed by atoms with van der Waals surface area (Å²) in [5.74, 6) is -0.457. The fourth-order valence-electron chi connectivity index (χ4n) is 6.18. The number of aromatic nitrogens is 2. The molecule has 1 saturated heterocycles. The van der Waals surface area contributed by atoms with Crippen molar-refractivity contribution in [3.8, 4) is 17.1 Å². The fraction of sp³-hybridized carbons (Fsp3) is 0.514. The van der Waals surface area contributed by atoms with Crippen molar-refractivity contribution in [1.29, 1.82) is 0 Å². The predicted octanol–water partition coefficient (Wildman–Crippen LogP) is 4.45. The molecule has 1 fully saturated rings. The second kappa shape index (κ2) is 11.9. The number of amides is 2. The van der Waals surface area contributed by atoms with Gasteiger partial charge in [0.2, 0.25) is 0 Å². The number of carbonyl (C=O) groups is 3. The number of carbonyl (C=O) groups excluding carboxylic acids is 3. The SMILES string of the molecule is CCC1(O)C(=O)OCc2c1cc1n(c2=O)Cc2cc3c(COC(C)(C)C)c(OC(=O)N4CCN(C(=O)OC(C)(C)C)CC4)ccc3nc2-1. The van der Waals surface area contributed by atoms with Gasteiger partial charge >= 0.3 is 18.2 Å². The van der Waals surface area contributed by atoms with Crippen LogP contribution in [-0.2, 0) is 44.4 Å². The molecule has 0 radical (unpaired) electrons. The Morgan fingerprint density at radius 2 is 1.65 bits per heavy atom. The zero-order valence-corrected chi connectivity index (χ0v) is 28.5. The Morgan fingerprint density at radius 1 is 0.979 bits per heavy atom. The molecule has 0 saturated carbocycles. The fourth-order valence-corrected chi connectivity index (χ4v) is 6.18. The average Bonchev–Trinajstić information content (AvgIpc) is 3.38. The Balaban J connectivity index is 1.32. The minimum Gasteiger partial charge on any atom is -0.458 e. The number of cyclic esters (lactones) is 1. The molecule has 0 spiro atoms. The van der Waals surface area contributed by atoms with Crippen LogP contribution in [0.1, 0.15) is 77.1 Å². The van der Waals surface area contributed by atoms with E-state index in [1.165, 1.54) is 0 Å². The lowest BCUT2D eigenvalue weighted by Gasteiger charge is -2.35. The molecule has 3 aliphatic heterocycles. The first kappa shape index (κ1) is 33.4. The number of pyridine rings is 2. The van der Waals surface area contributed by atoms with Gasteiger partial charge in [-0.1, -0.05) is 6.92 Å². The number of hydrogen-bond donors (Lipinski definition) is 1. The van der Waals surface area contributed by atoms with E-state index in [0.717, 1.165) is 5.56 Å². The lowest BCUT2D eigenvalue weighted by molar-refractivity contribution is -0.172. The topological polar surface area (TPSA) is 150 Å². The van der Waals surface area contributed by atoms with Crippen molar-refractivity contribution in [2.45, 2.75) is 91.4 Å². The monoisotopic (exact) mass is 662 g/mol. The average molecular weight is 663 g/mol. The molecule has 1 N–H and O–H groups in total. The van der Waals surface area contributed by atoms with Crippen molar-refractivity contribution in [1.82, 2.24) is 19.4 Å². The van der Waals surface area contributed by atoms with E-state index in [9.17, 15) is 24.3 Å². The number of ether oxygens (including phenoxy) is 4. The lowest BCUT2D eigenvalue weighted by atomic mass is 9.86. The van der Waals surface area contributed by atoms with Gasteiger partial charge in [0.25, 0.3) is 5.56 Å². The van der Waals surface area contributed by atoms with Crippen LogP contribution in [0.4, 0.5) is 9.59 Å². The highest BCUT2D eigenvalue weighted by molar-refractivity contribution is 5.90. The van der Waals surface area contributed by atoms with Crippen LogP contribution < -0.4 is 10.3 Å². The van der Waals surface area contributed by atoms with Crippen molar-refractivity contribution >= 4 is 29.1 Å². The van der Waals surface area contributed by atoms with Gasteiger partial charge in [0, 0.05) is 48.3 Å². The van der Waals surface area contributed by atoms with Gasteiger partial charge in [-0.25, -0.2) is 19.4 Å². The molecule has 1 aromatic carbocycles.